The zero-order valence-corrected chi connectivity index (χ0v) is 22.9. The van der Waals surface area contributed by atoms with Crippen LogP contribution in [0, 0.1) is 24.0 Å². The van der Waals surface area contributed by atoms with E-state index in [2.05, 4.69) is 21.3 Å². The highest BCUT2D eigenvalue weighted by Gasteiger charge is 2.42. The summed E-state index contributed by atoms with van der Waals surface area (Å²) in [4.78, 5) is 17.9. The molecule has 5 rings (SSSR count). The number of pyridine rings is 1. The molecule has 4 aromatic rings. The molecule has 1 saturated heterocycles. The number of non-ortho nitro benzene ring substituents is 1. The van der Waals surface area contributed by atoms with Crippen LogP contribution in [0.2, 0.25) is 0 Å². The summed E-state index contributed by atoms with van der Waals surface area (Å²) in [7, 11) is 1.56. The molecule has 1 aliphatic heterocycles. The highest BCUT2D eigenvalue weighted by atomic mass is 32.1. The molecule has 0 saturated carbocycles. The molecule has 1 aliphatic rings. The monoisotopic (exact) mass is 543 g/mol. The van der Waals surface area contributed by atoms with Crippen LogP contribution in [0.1, 0.15) is 41.7 Å². The van der Waals surface area contributed by atoms with Crippen LogP contribution in [0.15, 0.2) is 72.9 Å². The molecule has 0 unspecified atom stereocenters. The predicted molar refractivity (Wildman–Crippen MR) is 154 cm³/mol. The summed E-state index contributed by atoms with van der Waals surface area (Å²) in [6.07, 6.45) is 1.77. The van der Waals surface area contributed by atoms with E-state index in [0.717, 1.165) is 34.1 Å². The number of anilines is 1. The van der Waals surface area contributed by atoms with Gasteiger partial charge in [0.2, 0.25) is 0 Å². The van der Waals surface area contributed by atoms with Gasteiger partial charge in [0, 0.05) is 35.4 Å². The fourth-order valence-corrected chi connectivity index (χ4v) is 5.59. The molecule has 10 heteroatoms. The van der Waals surface area contributed by atoms with Gasteiger partial charge in [-0.1, -0.05) is 6.07 Å². The third kappa shape index (κ3) is 4.79. The molecule has 0 bridgehead atoms. The molecule has 0 aliphatic carbocycles. The Morgan fingerprint density at radius 1 is 1.10 bits per heavy atom. The van der Waals surface area contributed by atoms with E-state index < -0.39 is 4.92 Å². The van der Waals surface area contributed by atoms with Gasteiger partial charge in [-0.15, -0.1) is 0 Å². The summed E-state index contributed by atoms with van der Waals surface area (Å²) in [6.45, 7) is 6.52. The predicted octanol–water partition coefficient (Wildman–Crippen LogP) is 5.98. The van der Waals surface area contributed by atoms with Crippen LogP contribution in [0.5, 0.6) is 11.5 Å². The lowest BCUT2D eigenvalue weighted by molar-refractivity contribution is -0.384. The highest BCUT2D eigenvalue weighted by Crippen LogP contribution is 2.44. The second kappa shape index (κ2) is 10.7. The summed E-state index contributed by atoms with van der Waals surface area (Å²) in [5, 5.41) is 15.7. The largest absolute Gasteiger partial charge is 0.495 e. The minimum Gasteiger partial charge on any atom is -0.495 e. The fourth-order valence-electron chi connectivity index (χ4n) is 5.24. The van der Waals surface area contributed by atoms with Crippen molar-refractivity contribution in [2.24, 2.45) is 0 Å². The Bertz CT molecular complexity index is 1520. The molecule has 2 aromatic heterocycles. The standard InChI is InChI=1S/C29H29N5O4S/c1-5-38-22-12-9-20(10-13-22)33-28(27(31-29(33)39)24-8-6-7-15-30-24)23-16-18(2)32(19(23)3)25-17-21(34(35)36)11-14-26(25)37-4/h6-17,27-28H,5H2,1-4H3,(H,31,39)/t27-,28-/m1/s1. The number of rotatable bonds is 8. The molecule has 0 amide bonds. The van der Waals surface area contributed by atoms with E-state index in [1.807, 2.05) is 67.8 Å². The molecule has 39 heavy (non-hydrogen) atoms. The Kier molecular flexibility index (Phi) is 7.21. The van der Waals surface area contributed by atoms with E-state index in [4.69, 9.17) is 21.7 Å². The minimum absolute atomic E-state index is 0.00839. The molecule has 2 aromatic carbocycles. The van der Waals surface area contributed by atoms with Crippen LogP contribution in [-0.2, 0) is 0 Å². The van der Waals surface area contributed by atoms with Gasteiger partial charge in [-0.2, -0.15) is 0 Å². The van der Waals surface area contributed by atoms with Gasteiger partial charge in [-0.3, -0.25) is 15.1 Å². The number of benzene rings is 2. The minimum atomic E-state index is -0.401. The van der Waals surface area contributed by atoms with Gasteiger partial charge in [-0.25, -0.2) is 0 Å². The number of nitrogens with one attached hydrogen (secondary N) is 1. The molecular weight excluding hydrogens is 514 g/mol. The van der Waals surface area contributed by atoms with E-state index in [0.29, 0.717) is 23.2 Å². The normalized spacial score (nSPS) is 16.7. The van der Waals surface area contributed by atoms with Crippen molar-refractivity contribution < 1.29 is 14.4 Å². The lowest BCUT2D eigenvalue weighted by Gasteiger charge is -2.28. The summed E-state index contributed by atoms with van der Waals surface area (Å²) in [5.41, 5.74) is 5.20. The van der Waals surface area contributed by atoms with Crippen molar-refractivity contribution in [1.29, 1.82) is 0 Å². The third-order valence-electron chi connectivity index (χ3n) is 6.93. The van der Waals surface area contributed by atoms with Crippen LogP contribution in [-0.4, -0.2) is 33.3 Å². The second-order valence-corrected chi connectivity index (χ2v) is 9.59. The average molecular weight is 544 g/mol. The van der Waals surface area contributed by atoms with Crippen molar-refractivity contribution >= 4 is 28.7 Å². The van der Waals surface area contributed by atoms with Gasteiger partial charge >= 0.3 is 0 Å². The SMILES string of the molecule is CCOc1ccc(N2C(=S)N[C@H](c3ccccn3)[C@H]2c2cc(C)n(-c3cc([N+](=O)[O-])ccc3OC)c2C)cc1. The van der Waals surface area contributed by atoms with Crippen LogP contribution in [0.3, 0.4) is 0 Å². The van der Waals surface area contributed by atoms with E-state index in [-0.39, 0.29) is 17.8 Å². The number of thiocarbonyl (C=S) groups is 1. The number of methoxy groups -OCH3 is 1. The van der Waals surface area contributed by atoms with Crippen molar-refractivity contribution in [3.05, 3.63) is 106 Å². The molecular formula is C29H29N5O4S. The Morgan fingerprint density at radius 2 is 1.87 bits per heavy atom. The Morgan fingerprint density at radius 3 is 2.51 bits per heavy atom. The van der Waals surface area contributed by atoms with Crippen molar-refractivity contribution in [2.75, 3.05) is 18.6 Å². The van der Waals surface area contributed by atoms with Crippen molar-refractivity contribution in [1.82, 2.24) is 14.9 Å². The smallest absolute Gasteiger partial charge is 0.271 e. The number of aromatic nitrogens is 2. The van der Waals surface area contributed by atoms with Gasteiger partial charge in [-0.05, 0) is 87.1 Å². The Labute approximate surface area is 232 Å². The number of ether oxygens (including phenoxy) is 2. The fraction of sp³-hybridized carbons (Fsp3) is 0.241. The third-order valence-corrected chi connectivity index (χ3v) is 7.24. The molecule has 2 atom stereocenters. The first-order valence-corrected chi connectivity index (χ1v) is 13.0. The van der Waals surface area contributed by atoms with Crippen LogP contribution < -0.4 is 19.7 Å². The second-order valence-electron chi connectivity index (χ2n) is 9.20. The maximum absolute atomic E-state index is 11.6. The number of nitrogens with zero attached hydrogens (tertiary/aromatic N) is 4. The van der Waals surface area contributed by atoms with Crippen LogP contribution in [0.25, 0.3) is 5.69 Å². The molecule has 3 heterocycles. The van der Waals surface area contributed by atoms with E-state index >= 15 is 0 Å². The summed E-state index contributed by atoms with van der Waals surface area (Å²) in [6, 6.07) is 19.9. The maximum Gasteiger partial charge on any atom is 0.271 e. The number of hydrogen-bond donors (Lipinski definition) is 1. The number of nitro groups is 1. The molecule has 9 nitrogen and oxygen atoms in total. The van der Waals surface area contributed by atoms with Gasteiger partial charge in [0.1, 0.15) is 11.5 Å². The Balaban J connectivity index is 1.67. The molecule has 1 fully saturated rings. The van der Waals surface area contributed by atoms with Gasteiger partial charge in [0.05, 0.1) is 42.1 Å². The number of hydrogen-bond acceptors (Lipinski definition) is 6. The van der Waals surface area contributed by atoms with Crippen molar-refractivity contribution in [3.63, 3.8) is 0 Å². The first-order chi connectivity index (χ1) is 18.8. The summed E-state index contributed by atoms with van der Waals surface area (Å²) < 4.78 is 13.2. The molecule has 1 N–H and O–H groups in total. The van der Waals surface area contributed by atoms with Crippen molar-refractivity contribution in [2.45, 2.75) is 32.9 Å². The molecule has 200 valence electrons. The maximum atomic E-state index is 11.6. The van der Waals surface area contributed by atoms with Gasteiger partial charge in [0.25, 0.3) is 5.69 Å². The van der Waals surface area contributed by atoms with Crippen molar-refractivity contribution in [3.8, 4) is 17.2 Å². The highest BCUT2D eigenvalue weighted by molar-refractivity contribution is 7.80. The first-order valence-electron chi connectivity index (χ1n) is 12.6. The number of aryl methyl sites for hydroxylation is 1. The zero-order chi connectivity index (χ0) is 27.7. The topological polar surface area (TPSA) is 94.7 Å². The van der Waals surface area contributed by atoms with Gasteiger partial charge < -0.3 is 24.3 Å². The number of nitro benzene ring substituents is 1. The summed E-state index contributed by atoms with van der Waals surface area (Å²) in [5.74, 6) is 1.33. The lowest BCUT2D eigenvalue weighted by Crippen LogP contribution is -2.29. The lowest BCUT2D eigenvalue weighted by atomic mass is 9.96. The van der Waals surface area contributed by atoms with E-state index in [1.165, 1.54) is 6.07 Å². The molecule has 0 radical (unpaired) electrons. The van der Waals surface area contributed by atoms with E-state index in [1.54, 1.807) is 25.4 Å². The van der Waals surface area contributed by atoms with Crippen LogP contribution in [0.4, 0.5) is 11.4 Å². The Hall–Kier alpha value is -4.44. The van der Waals surface area contributed by atoms with Crippen LogP contribution >= 0.6 is 12.2 Å². The summed E-state index contributed by atoms with van der Waals surface area (Å²) >= 11 is 5.88. The quantitative estimate of drug-likeness (QED) is 0.165. The first kappa shape index (κ1) is 26.2. The van der Waals surface area contributed by atoms with E-state index in [9.17, 15) is 10.1 Å². The average Bonchev–Trinajstić information content (AvgIpc) is 3.44. The molecule has 0 spiro atoms. The zero-order valence-electron chi connectivity index (χ0n) is 22.1. The van der Waals surface area contributed by atoms with Gasteiger partial charge in [0.15, 0.2) is 5.11 Å².